The zero-order valence-electron chi connectivity index (χ0n) is 12.5. The molecule has 1 aliphatic rings. The van der Waals surface area contributed by atoms with E-state index in [0.29, 0.717) is 12.3 Å². The number of hydrogen-bond acceptors (Lipinski definition) is 3. The van der Waals surface area contributed by atoms with Gasteiger partial charge in [-0.05, 0) is 38.3 Å². The number of piperidine rings is 1. The Bertz CT molecular complexity index is 323. The third kappa shape index (κ3) is 4.49. The molecule has 0 bridgehead atoms. The van der Waals surface area contributed by atoms with E-state index in [4.69, 9.17) is 0 Å². The van der Waals surface area contributed by atoms with Gasteiger partial charge in [0.25, 0.3) is 0 Å². The van der Waals surface area contributed by atoms with Crippen LogP contribution >= 0.6 is 0 Å². The number of nitrogens with one attached hydrogen (secondary N) is 3. The average molecular weight is 269 g/mol. The maximum atomic E-state index is 12.4. The predicted octanol–water partition coefficient (Wildman–Crippen LogP) is 0.653. The molecule has 110 valence electrons. The van der Waals surface area contributed by atoms with Crippen LogP contribution < -0.4 is 16.0 Å². The Hall–Kier alpha value is -1.10. The maximum absolute atomic E-state index is 12.4. The molecule has 0 radical (unpaired) electrons. The quantitative estimate of drug-likeness (QED) is 0.686. The highest BCUT2D eigenvalue weighted by molar-refractivity contribution is 5.89. The highest BCUT2D eigenvalue weighted by Gasteiger charge is 2.36. The largest absolute Gasteiger partial charge is 0.357 e. The molecule has 0 aromatic rings. The molecule has 0 spiro atoms. The maximum Gasteiger partial charge on any atom is 0.242 e. The molecule has 1 rings (SSSR count). The van der Waals surface area contributed by atoms with Gasteiger partial charge in [0.1, 0.15) is 6.04 Å². The van der Waals surface area contributed by atoms with Crippen LogP contribution in [0.4, 0.5) is 0 Å². The number of likely N-dealkylation sites (N-methyl/N-ethyl adjacent to an activating group) is 1. The summed E-state index contributed by atoms with van der Waals surface area (Å²) >= 11 is 0. The van der Waals surface area contributed by atoms with Gasteiger partial charge in [-0.2, -0.15) is 0 Å². The molecule has 5 heteroatoms. The van der Waals surface area contributed by atoms with E-state index >= 15 is 0 Å². The summed E-state index contributed by atoms with van der Waals surface area (Å²) in [5.41, 5.74) is -0.353. The molecule has 0 saturated carbocycles. The second-order valence-electron chi connectivity index (χ2n) is 6.08. The Morgan fingerprint density at radius 1 is 1.26 bits per heavy atom. The van der Waals surface area contributed by atoms with E-state index in [1.54, 1.807) is 7.05 Å². The Morgan fingerprint density at radius 2 is 1.84 bits per heavy atom. The zero-order valence-corrected chi connectivity index (χ0v) is 12.5. The minimum absolute atomic E-state index is 0.00301. The van der Waals surface area contributed by atoms with Gasteiger partial charge >= 0.3 is 0 Å². The molecule has 1 unspecified atom stereocenters. The first-order valence-electron chi connectivity index (χ1n) is 7.12. The topological polar surface area (TPSA) is 70.2 Å². The summed E-state index contributed by atoms with van der Waals surface area (Å²) < 4.78 is 0. The van der Waals surface area contributed by atoms with Crippen molar-refractivity contribution < 1.29 is 9.59 Å². The lowest BCUT2D eigenvalue weighted by atomic mass is 9.80. The Labute approximate surface area is 115 Å². The molecule has 1 heterocycles. The molecule has 0 aromatic carbocycles. The number of rotatable bonds is 5. The summed E-state index contributed by atoms with van der Waals surface area (Å²) in [6.45, 7) is 7.81. The number of amides is 2. The first-order chi connectivity index (χ1) is 8.89. The molecular formula is C14H27N3O2. The van der Waals surface area contributed by atoms with Crippen molar-refractivity contribution in [2.24, 2.45) is 11.3 Å². The molecule has 0 aliphatic carbocycles. The fourth-order valence-corrected chi connectivity index (χ4v) is 2.42. The van der Waals surface area contributed by atoms with Gasteiger partial charge in [0.05, 0.1) is 0 Å². The summed E-state index contributed by atoms with van der Waals surface area (Å²) in [6, 6.07) is -0.427. The third-order valence-corrected chi connectivity index (χ3v) is 3.83. The summed E-state index contributed by atoms with van der Waals surface area (Å²) in [6.07, 6.45) is 2.31. The summed E-state index contributed by atoms with van der Waals surface area (Å²) in [5, 5.41) is 8.81. The van der Waals surface area contributed by atoms with Gasteiger partial charge in [-0.25, -0.2) is 0 Å². The number of carbonyl (C=O) groups is 2. The van der Waals surface area contributed by atoms with Crippen molar-refractivity contribution in [3.05, 3.63) is 0 Å². The molecule has 1 atom stereocenters. The average Bonchev–Trinajstić information content (AvgIpc) is 2.37. The second-order valence-corrected chi connectivity index (χ2v) is 6.08. The van der Waals surface area contributed by atoms with Crippen LogP contribution in [0.1, 0.15) is 40.0 Å². The Kier molecular flexibility index (Phi) is 5.79. The number of carbonyl (C=O) groups excluding carboxylic acids is 2. The molecule has 0 aromatic heterocycles. The van der Waals surface area contributed by atoms with E-state index in [1.165, 1.54) is 0 Å². The van der Waals surface area contributed by atoms with Gasteiger partial charge < -0.3 is 16.0 Å². The minimum Gasteiger partial charge on any atom is -0.357 e. The first-order valence-corrected chi connectivity index (χ1v) is 7.12. The van der Waals surface area contributed by atoms with Crippen molar-refractivity contribution in [3.8, 4) is 0 Å². The van der Waals surface area contributed by atoms with E-state index in [9.17, 15) is 9.59 Å². The van der Waals surface area contributed by atoms with Gasteiger partial charge in [0.15, 0.2) is 0 Å². The molecule has 1 saturated heterocycles. The molecular weight excluding hydrogens is 242 g/mol. The van der Waals surface area contributed by atoms with E-state index in [-0.39, 0.29) is 17.2 Å². The fourth-order valence-electron chi connectivity index (χ4n) is 2.42. The van der Waals surface area contributed by atoms with Gasteiger partial charge in [-0.3, -0.25) is 9.59 Å². The standard InChI is InChI=1S/C14H27N3O2/c1-10(2)9-11(12(18)15-4)17-13(19)14(3)5-7-16-8-6-14/h10-11,16H,5-9H2,1-4H3,(H,15,18)(H,17,19). The highest BCUT2D eigenvalue weighted by Crippen LogP contribution is 2.28. The molecule has 2 amide bonds. The van der Waals surface area contributed by atoms with Gasteiger partial charge in [-0.1, -0.05) is 20.8 Å². The summed E-state index contributed by atoms with van der Waals surface area (Å²) in [4.78, 5) is 24.2. The molecule has 5 nitrogen and oxygen atoms in total. The summed E-state index contributed by atoms with van der Waals surface area (Å²) in [7, 11) is 1.61. The molecule has 19 heavy (non-hydrogen) atoms. The van der Waals surface area contributed by atoms with E-state index in [0.717, 1.165) is 25.9 Å². The SMILES string of the molecule is CNC(=O)C(CC(C)C)NC(=O)C1(C)CCNCC1. The molecule has 1 fully saturated rings. The van der Waals surface area contributed by atoms with Crippen LogP contribution in [-0.2, 0) is 9.59 Å². The van der Waals surface area contributed by atoms with Crippen LogP contribution in [0.15, 0.2) is 0 Å². The predicted molar refractivity (Wildman–Crippen MR) is 75.7 cm³/mol. The van der Waals surface area contributed by atoms with Gasteiger partial charge in [0, 0.05) is 12.5 Å². The van der Waals surface area contributed by atoms with E-state index < -0.39 is 6.04 Å². The lowest BCUT2D eigenvalue weighted by Crippen LogP contribution is -2.53. The zero-order chi connectivity index (χ0) is 14.5. The molecule has 3 N–H and O–H groups in total. The van der Waals surface area contributed by atoms with Crippen molar-refractivity contribution in [2.45, 2.75) is 46.1 Å². The monoisotopic (exact) mass is 269 g/mol. The van der Waals surface area contributed by atoms with Crippen LogP contribution in [0, 0.1) is 11.3 Å². The summed E-state index contributed by atoms with van der Waals surface area (Å²) in [5.74, 6) is 0.256. The lowest BCUT2D eigenvalue weighted by Gasteiger charge is -2.34. The van der Waals surface area contributed by atoms with Gasteiger partial charge in [0.2, 0.25) is 11.8 Å². The van der Waals surface area contributed by atoms with Crippen molar-refractivity contribution in [3.63, 3.8) is 0 Å². The minimum atomic E-state index is -0.427. The third-order valence-electron chi connectivity index (χ3n) is 3.83. The van der Waals surface area contributed by atoms with Gasteiger partial charge in [-0.15, -0.1) is 0 Å². The smallest absolute Gasteiger partial charge is 0.242 e. The van der Waals surface area contributed by atoms with Crippen LogP contribution in [-0.4, -0.2) is 38.0 Å². The highest BCUT2D eigenvalue weighted by atomic mass is 16.2. The van der Waals surface area contributed by atoms with Crippen molar-refractivity contribution >= 4 is 11.8 Å². The van der Waals surface area contributed by atoms with Crippen LogP contribution in [0.3, 0.4) is 0 Å². The van der Waals surface area contributed by atoms with Crippen LogP contribution in [0.5, 0.6) is 0 Å². The van der Waals surface area contributed by atoms with Crippen molar-refractivity contribution in [1.82, 2.24) is 16.0 Å². The van der Waals surface area contributed by atoms with Crippen LogP contribution in [0.25, 0.3) is 0 Å². The number of hydrogen-bond donors (Lipinski definition) is 3. The fraction of sp³-hybridized carbons (Fsp3) is 0.857. The molecule has 1 aliphatic heterocycles. The van der Waals surface area contributed by atoms with Crippen LogP contribution in [0.2, 0.25) is 0 Å². The van der Waals surface area contributed by atoms with Crippen molar-refractivity contribution in [2.75, 3.05) is 20.1 Å². The Morgan fingerprint density at radius 3 is 2.32 bits per heavy atom. The lowest BCUT2D eigenvalue weighted by molar-refractivity contribution is -0.136. The Balaban J connectivity index is 2.66. The first kappa shape index (κ1) is 16.0. The van der Waals surface area contributed by atoms with E-state index in [2.05, 4.69) is 16.0 Å². The van der Waals surface area contributed by atoms with E-state index in [1.807, 2.05) is 20.8 Å². The van der Waals surface area contributed by atoms with Crippen molar-refractivity contribution in [1.29, 1.82) is 0 Å². The second kappa shape index (κ2) is 6.89. The normalized spacial score (nSPS) is 19.8.